The predicted molar refractivity (Wildman–Crippen MR) is 56.4 cm³/mol. The molecular formula is C12H10O3. The van der Waals surface area contributed by atoms with Gasteiger partial charge in [-0.2, -0.15) is 0 Å². The van der Waals surface area contributed by atoms with Crippen molar-refractivity contribution in [1.29, 1.82) is 0 Å². The summed E-state index contributed by atoms with van der Waals surface area (Å²) in [7, 11) is 0. The molecule has 1 aromatic heterocycles. The Morgan fingerprint density at radius 3 is 2.60 bits per heavy atom. The minimum atomic E-state index is -0.877. The zero-order valence-electron chi connectivity index (χ0n) is 7.92. The van der Waals surface area contributed by atoms with Crippen LogP contribution in [0.1, 0.15) is 0 Å². The molecule has 3 nitrogen and oxygen atoms in total. The number of hydrogen-bond acceptors (Lipinski definition) is 3. The Morgan fingerprint density at radius 1 is 1.00 bits per heavy atom. The van der Waals surface area contributed by atoms with Gasteiger partial charge in [0, 0.05) is 10.6 Å². The standard InChI is InChI=1S/C12H10O3/c13-9-5-8-7-3-1-2-4-11(7)15-12(8)6-10(9)14/h1-6,9-10,13-14H/t9-,10+/m1/s1. The zero-order chi connectivity index (χ0) is 10.4. The molecule has 3 rings (SSSR count). The first-order chi connectivity index (χ1) is 7.25. The molecule has 0 spiro atoms. The summed E-state index contributed by atoms with van der Waals surface area (Å²) in [6.07, 6.45) is 1.45. The first kappa shape index (κ1) is 8.71. The number of para-hydroxylation sites is 1. The van der Waals surface area contributed by atoms with E-state index in [1.165, 1.54) is 0 Å². The van der Waals surface area contributed by atoms with Crippen LogP contribution in [0.2, 0.25) is 0 Å². The van der Waals surface area contributed by atoms with Gasteiger partial charge in [0.1, 0.15) is 23.2 Å². The van der Waals surface area contributed by atoms with Crippen molar-refractivity contribution in [2.24, 2.45) is 0 Å². The van der Waals surface area contributed by atoms with E-state index in [4.69, 9.17) is 4.42 Å². The van der Waals surface area contributed by atoms with E-state index in [9.17, 15) is 10.2 Å². The molecule has 0 aliphatic heterocycles. The first-order valence-electron chi connectivity index (χ1n) is 4.83. The average molecular weight is 202 g/mol. The van der Waals surface area contributed by atoms with Crippen LogP contribution >= 0.6 is 0 Å². The molecule has 3 heteroatoms. The van der Waals surface area contributed by atoms with Crippen LogP contribution < -0.4 is 10.6 Å². The average Bonchev–Trinajstić information content (AvgIpc) is 2.57. The maximum absolute atomic E-state index is 9.52. The lowest BCUT2D eigenvalue weighted by atomic mass is 10.1. The summed E-state index contributed by atoms with van der Waals surface area (Å²) in [5.41, 5.74) is 1.41. The molecule has 0 fully saturated rings. The van der Waals surface area contributed by atoms with Crippen LogP contribution in [-0.4, -0.2) is 22.4 Å². The van der Waals surface area contributed by atoms with E-state index in [2.05, 4.69) is 0 Å². The topological polar surface area (TPSA) is 53.6 Å². The second kappa shape index (κ2) is 2.95. The summed E-state index contributed by atoms with van der Waals surface area (Å²) in [5.74, 6) is 0. The van der Waals surface area contributed by atoms with Gasteiger partial charge >= 0.3 is 0 Å². The van der Waals surface area contributed by atoms with Crippen molar-refractivity contribution < 1.29 is 14.6 Å². The van der Waals surface area contributed by atoms with E-state index in [1.54, 1.807) is 12.2 Å². The van der Waals surface area contributed by atoms with Gasteiger partial charge < -0.3 is 14.6 Å². The van der Waals surface area contributed by atoms with Crippen LogP contribution in [0.3, 0.4) is 0 Å². The molecule has 0 unspecified atom stereocenters. The van der Waals surface area contributed by atoms with Gasteiger partial charge in [-0.3, -0.25) is 0 Å². The molecule has 1 aromatic carbocycles. The smallest absolute Gasteiger partial charge is 0.135 e. The Bertz CT molecular complexity index is 624. The molecule has 1 heterocycles. The predicted octanol–water partition coefficient (Wildman–Crippen LogP) is -0.271. The number of hydrogen-bond donors (Lipinski definition) is 2. The quantitative estimate of drug-likeness (QED) is 0.618. The van der Waals surface area contributed by atoms with Crippen molar-refractivity contribution in [3.63, 3.8) is 0 Å². The van der Waals surface area contributed by atoms with E-state index in [1.807, 2.05) is 24.3 Å². The second-order valence-electron chi connectivity index (χ2n) is 3.69. The van der Waals surface area contributed by atoms with Gasteiger partial charge in [-0.15, -0.1) is 0 Å². The summed E-state index contributed by atoms with van der Waals surface area (Å²) in [5, 5.41) is 20.8. The summed E-state index contributed by atoms with van der Waals surface area (Å²) in [4.78, 5) is 0. The number of aliphatic hydroxyl groups excluding tert-OH is 2. The lowest BCUT2D eigenvalue weighted by Crippen LogP contribution is -2.35. The maximum atomic E-state index is 9.52. The molecule has 2 atom stereocenters. The van der Waals surface area contributed by atoms with E-state index >= 15 is 0 Å². The van der Waals surface area contributed by atoms with E-state index < -0.39 is 12.2 Å². The van der Waals surface area contributed by atoms with Gasteiger partial charge in [-0.25, -0.2) is 0 Å². The lowest BCUT2D eigenvalue weighted by Gasteiger charge is -2.11. The van der Waals surface area contributed by atoms with E-state index in [0.29, 0.717) is 5.42 Å². The molecule has 0 radical (unpaired) electrons. The number of rotatable bonds is 0. The zero-order valence-corrected chi connectivity index (χ0v) is 7.92. The minimum Gasteiger partial charge on any atom is -0.456 e. The van der Waals surface area contributed by atoms with Crippen LogP contribution in [0.25, 0.3) is 23.1 Å². The molecule has 0 amide bonds. The molecule has 1 aliphatic carbocycles. The Balaban J connectivity index is 2.49. The van der Waals surface area contributed by atoms with Crippen LogP contribution in [-0.2, 0) is 0 Å². The van der Waals surface area contributed by atoms with Crippen LogP contribution in [0.5, 0.6) is 0 Å². The van der Waals surface area contributed by atoms with Crippen LogP contribution in [0, 0.1) is 0 Å². The molecule has 0 saturated heterocycles. The van der Waals surface area contributed by atoms with Gasteiger partial charge in [0.2, 0.25) is 0 Å². The summed E-state index contributed by atoms with van der Waals surface area (Å²) in [6, 6.07) is 7.62. The molecule has 2 aromatic rings. The van der Waals surface area contributed by atoms with Crippen LogP contribution in [0.15, 0.2) is 28.7 Å². The number of furan rings is 1. The van der Waals surface area contributed by atoms with Gasteiger partial charge in [0.15, 0.2) is 0 Å². The van der Waals surface area contributed by atoms with Crippen molar-refractivity contribution in [1.82, 2.24) is 0 Å². The van der Waals surface area contributed by atoms with Crippen molar-refractivity contribution in [2.45, 2.75) is 12.2 Å². The first-order valence-corrected chi connectivity index (χ1v) is 4.83. The van der Waals surface area contributed by atoms with Gasteiger partial charge in [0.25, 0.3) is 0 Å². The molecule has 15 heavy (non-hydrogen) atoms. The third-order valence-electron chi connectivity index (χ3n) is 2.67. The number of benzene rings is 1. The third kappa shape index (κ3) is 1.21. The van der Waals surface area contributed by atoms with Gasteiger partial charge in [-0.1, -0.05) is 18.2 Å². The highest BCUT2D eigenvalue weighted by Gasteiger charge is 2.17. The van der Waals surface area contributed by atoms with Gasteiger partial charge in [0.05, 0.1) is 0 Å². The SMILES string of the molecule is O[C@@H]1C=c2c(oc3ccccc23)=C[C@@H]1O. The number of fused-ring (bicyclic) bond motifs is 3. The lowest BCUT2D eigenvalue weighted by molar-refractivity contribution is 0.0984. The monoisotopic (exact) mass is 202 g/mol. The summed E-state index contributed by atoms with van der Waals surface area (Å²) < 4.78 is 5.55. The molecule has 0 saturated carbocycles. The Morgan fingerprint density at radius 2 is 1.73 bits per heavy atom. The second-order valence-corrected chi connectivity index (χ2v) is 3.69. The van der Waals surface area contributed by atoms with E-state index in [-0.39, 0.29) is 0 Å². The van der Waals surface area contributed by atoms with Crippen LogP contribution in [0.4, 0.5) is 0 Å². The van der Waals surface area contributed by atoms with Crippen molar-refractivity contribution in [3.05, 3.63) is 34.9 Å². The molecule has 2 N–H and O–H groups in total. The largest absolute Gasteiger partial charge is 0.456 e. The molecule has 1 aliphatic rings. The fourth-order valence-corrected chi connectivity index (χ4v) is 1.90. The van der Waals surface area contributed by atoms with Crippen molar-refractivity contribution in [3.8, 4) is 0 Å². The highest BCUT2D eigenvalue weighted by Crippen LogP contribution is 2.09. The van der Waals surface area contributed by atoms with Gasteiger partial charge in [-0.05, 0) is 18.2 Å². The molecule has 0 bridgehead atoms. The highest BCUT2D eigenvalue weighted by molar-refractivity contribution is 5.79. The highest BCUT2D eigenvalue weighted by atomic mass is 16.3. The summed E-state index contributed by atoms with van der Waals surface area (Å²) in [6.45, 7) is 0. The fraction of sp³-hybridized carbons (Fsp3) is 0.167. The van der Waals surface area contributed by atoms with Crippen molar-refractivity contribution in [2.75, 3.05) is 0 Å². The van der Waals surface area contributed by atoms with E-state index in [0.717, 1.165) is 16.2 Å². The minimum absolute atomic E-state index is 0.633. The Hall–Kier alpha value is -1.58. The molecule has 76 valence electrons. The Labute approximate surface area is 85.6 Å². The Kier molecular flexibility index (Phi) is 1.71. The molecular weight excluding hydrogens is 192 g/mol. The third-order valence-corrected chi connectivity index (χ3v) is 2.67. The normalized spacial score (nSPS) is 24.4. The summed E-state index contributed by atoms with van der Waals surface area (Å²) >= 11 is 0. The fourth-order valence-electron chi connectivity index (χ4n) is 1.90. The van der Waals surface area contributed by atoms with Crippen molar-refractivity contribution >= 4 is 23.1 Å². The maximum Gasteiger partial charge on any atom is 0.135 e. The number of aliphatic hydroxyl groups is 2.